The average Bonchev–Trinajstić information content (AvgIpc) is 2.92. The van der Waals surface area contributed by atoms with Crippen molar-refractivity contribution >= 4 is 11.7 Å². The van der Waals surface area contributed by atoms with Gasteiger partial charge in [0.15, 0.2) is 5.78 Å². The number of Topliss-reactive ketones (excluding diaryl/α,β-unsaturated/α-hetero) is 1. The number of aliphatic hydroxyl groups excluding tert-OH is 1. The Balaban J connectivity index is 0.00000226. The lowest BCUT2D eigenvalue weighted by atomic mass is 9.54. The summed E-state index contributed by atoms with van der Waals surface area (Å²) in [5, 5.41) is 9.59. The largest absolute Gasteiger partial charge is 0.392 e. The minimum Gasteiger partial charge on any atom is -0.392 e. The summed E-state index contributed by atoms with van der Waals surface area (Å²) in [7, 11) is 0. The average molecular weight is 561 g/mol. The maximum Gasteiger partial charge on any atom is 0.248 e. The number of likely N-dealkylation sites (tertiary alicyclic amines) is 1. The molecule has 2 fully saturated rings. The quantitative estimate of drug-likeness (QED) is 0.342. The van der Waals surface area contributed by atoms with E-state index in [1.165, 1.54) is 19.3 Å². The molecule has 0 bridgehead atoms. The monoisotopic (exact) mass is 560 g/mol. The first-order chi connectivity index (χ1) is 19.5. The van der Waals surface area contributed by atoms with Crippen LogP contribution in [-0.2, 0) is 9.59 Å². The summed E-state index contributed by atoms with van der Waals surface area (Å²) < 4.78 is 0. The van der Waals surface area contributed by atoms with E-state index >= 15 is 0 Å². The molecular formula is C36H52N2O3. The molecule has 5 heteroatoms. The first-order valence-electron chi connectivity index (χ1n) is 15.5. The Bertz CT molecular complexity index is 1220. The number of allylic oxidation sites excluding steroid dienone is 6. The molecule has 4 aliphatic rings. The van der Waals surface area contributed by atoms with E-state index in [-0.39, 0.29) is 36.1 Å². The fourth-order valence-electron chi connectivity index (χ4n) is 8.08. The molecule has 224 valence electrons. The van der Waals surface area contributed by atoms with Crippen LogP contribution in [0.15, 0.2) is 82.0 Å². The van der Waals surface area contributed by atoms with Crippen LogP contribution in [0.5, 0.6) is 0 Å². The fraction of sp³-hybridized carbons (Fsp3) is 0.556. The molecule has 4 rings (SSSR count). The number of nitrogens with zero attached hydrogens (tertiary/aromatic N) is 1. The maximum atomic E-state index is 14.0. The first kappa shape index (κ1) is 32.8. The second-order valence-corrected chi connectivity index (χ2v) is 12.3. The SMILES string of the molecule is C=C(CN1CCCCC1)C(/C=C\CO)=C1\C[C@H]2C[C@@H]3C(C(=C)C(C(N)=O)=C(C)[C@H]3C(C)C)C(C)=C2C(=O)C1=C.CC. The lowest BCUT2D eigenvalue weighted by Gasteiger charge is -2.49. The van der Waals surface area contributed by atoms with Gasteiger partial charge >= 0.3 is 0 Å². The highest BCUT2D eigenvalue weighted by Gasteiger charge is 2.49. The van der Waals surface area contributed by atoms with Crippen molar-refractivity contribution in [2.45, 2.75) is 73.6 Å². The van der Waals surface area contributed by atoms with E-state index in [4.69, 9.17) is 5.73 Å². The van der Waals surface area contributed by atoms with Crippen LogP contribution in [0.3, 0.4) is 0 Å². The molecule has 41 heavy (non-hydrogen) atoms. The zero-order valence-corrected chi connectivity index (χ0v) is 26.3. The lowest BCUT2D eigenvalue weighted by Crippen LogP contribution is -2.43. The Kier molecular flexibility index (Phi) is 11.1. The van der Waals surface area contributed by atoms with Crippen molar-refractivity contribution in [3.63, 3.8) is 0 Å². The van der Waals surface area contributed by atoms with Gasteiger partial charge in [0.1, 0.15) is 0 Å². The molecule has 0 aromatic heterocycles. The highest BCUT2D eigenvalue weighted by Crippen LogP contribution is 2.56. The van der Waals surface area contributed by atoms with Gasteiger partial charge in [-0.05, 0) is 98.6 Å². The molecule has 1 heterocycles. The molecule has 0 radical (unpaired) electrons. The number of ketones is 1. The summed E-state index contributed by atoms with van der Waals surface area (Å²) in [6, 6.07) is 0. The number of nitrogens with two attached hydrogens (primary N) is 1. The van der Waals surface area contributed by atoms with Gasteiger partial charge in [-0.1, -0.05) is 77.2 Å². The molecular weight excluding hydrogens is 508 g/mol. The van der Waals surface area contributed by atoms with Crippen LogP contribution in [0.1, 0.15) is 73.6 Å². The van der Waals surface area contributed by atoms with Gasteiger partial charge in [-0.2, -0.15) is 0 Å². The highest BCUT2D eigenvalue weighted by molar-refractivity contribution is 6.13. The third-order valence-corrected chi connectivity index (χ3v) is 9.59. The van der Waals surface area contributed by atoms with E-state index in [9.17, 15) is 14.7 Å². The number of amides is 1. The molecule has 1 amide bonds. The number of fused-ring (bicyclic) bond motifs is 2. The van der Waals surface area contributed by atoms with E-state index in [2.05, 4.69) is 38.5 Å². The minimum absolute atomic E-state index is 0.0151. The maximum absolute atomic E-state index is 14.0. The predicted molar refractivity (Wildman–Crippen MR) is 170 cm³/mol. The summed E-state index contributed by atoms with van der Waals surface area (Å²) >= 11 is 0. The van der Waals surface area contributed by atoms with E-state index in [1.807, 2.05) is 33.8 Å². The molecule has 4 atom stereocenters. The van der Waals surface area contributed by atoms with Crippen molar-refractivity contribution in [2.24, 2.45) is 35.3 Å². The van der Waals surface area contributed by atoms with Crippen LogP contribution in [0, 0.1) is 29.6 Å². The molecule has 0 spiro atoms. The van der Waals surface area contributed by atoms with Crippen LogP contribution >= 0.6 is 0 Å². The van der Waals surface area contributed by atoms with E-state index in [0.717, 1.165) is 65.1 Å². The predicted octanol–water partition coefficient (Wildman–Crippen LogP) is 6.64. The van der Waals surface area contributed by atoms with Crippen LogP contribution < -0.4 is 5.73 Å². The van der Waals surface area contributed by atoms with Gasteiger partial charge in [0.25, 0.3) is 0 Å². The molecule has 0 aromatic rings. The number of carbonyl (C=O) groups is 2. The highest BCUT2D eigenvalue weighted by atomic mass is 16.2. The number of rotatable bonds is 7. The van der Waals surface area contributed by atoms with Crippen LogP contribution in [0.2, 0.25) is 0 Å². The third-order valence-electron chi connectivity index (χ3n) is 9.59. The summed E-state index contributed by atoms with van der Waals surface area (Å²) in [5.74, 6) is 0.317. The second kappa shape index (κ2) is 13.9. The standard InChI is InChI=1S/C34H46N2O3.C2H6/c1-19(2)29-22(5)31(34(35)39)23(6)30-24(7)32-25(17-28(29)30)16-27(21(4)33(32)38)26(12-11-15-37)20(3)18-36-13-9-8-10-14-36;1-2/h11-12,19,25,28-30,37H,3-4,6,8-10,13-18H2,1-2,5,7H3,(H2,35,39);1-2H3/b12-11-,27-26+;/t25-,28-,29+,30?;/m0./s1. The topological polar surface area (TPSA) is 83.6 Å². The Morgan fingerprint density at radius 1 is 1.12 bits per heavy atom. The normalized spacial score (nSPS) is 28.4. The summed E-state index contributed by atoms with van der Waals surface area (Å²) in [6.45, 7) is 28.4. The third kappa shape index (κ3) is 6.36. The fourth-order valence-corrected chi connectivity index (χ4v) is 8.08. The molecule has 0 aromatic carbocycles. The Labute approximate surface area is 248 Å². The number of hydrogen-bond acceptors (Lipinski definition) is 4. The molecule has 3 aliphatic carbocycles. The van der Waals surface area contributed by atoms with Crippen LogP contribution in [0.25, 0.3) is 0 Å². The van der Waals surface area contributed by atoms with Crippen molar-refractivity contribution in [3.05, 3.63) is 82.0 Å². The van der Waals surface area contributed by atoms with Gasteiger partial charge in [0.2, 0.25) is 5.91 Å². The number of aliphatic hydroxyl groups is 1. The Hall–Kier alpha value is -2.76. The number of primary amides is 1. The van der Waals surface area contributed by atoms with Gasteiger partial charge in [0, 0.05) is 29.2 Å². The van der Waals surface area contributed by atoms with E-state index in [0.29, 0.717) is 23.5 Å². The van der Waals surface area contributed by atoms with Crippen molar-refractivity contribution in [1.29, 1.82) is 0 Å². The molecule has 1 saturated heterocycles. The molecule has 1 saturated carbocycles. The molecule has 1 aliphatic heterocycles. The van der Waals surface area contributed by atoms with Crippen molar-refractivity contribution in [2.75, 3.05) is 26.2 Å². The molecule has 1 unspecified atom stereocenters. The van der Waals surface area contributed by atoms with E-state index in [1.54, 1.807) is 6.08 Å². The number of carbonyl (C=O) groups excluding carboxylic acids is 2. The Morgan fingerprint density at radius 2 is 1.76 bits per heavy atom. The zero-order valence-electron chi connectivity index (χ0n) is 26.3. The number of piperidine rings is 1. The van der Waals surface area contributed by atoms with Crippen molar-refractivity contribution in [3.8, 4) is 0 Å². The van der Waals surface area contributed by atoms with E-state index < -0.39 is 5.91 Å². The lowest BCUT2D eigenvalue weighted by molar-refractivity contribution is -0.114. The first-order valence-corrected chi connectivity index (χ1v) is 15.5. The van der Waals surface area contributed by atoms with Crippen molar-refractivity contribution < 1.29 is 14.7 Å². The van der Waals surface area contributed by atoms with Gasteiger partial charge in [0.05, 0.1) is 6.61 Å². The minimum atomic E-state index is -0.432. The zero-order chi connectivity index (χ0) is 30.6. The molecule has 3 N–H and O–H groups in total. The molecule has 5 nitrogen and oxygen atoms in total. The van der Waals surface area contributed by atoms with Crippen LogP contribution in [0.4, 0.5) is 0 Å². The second-order valence-electron chi connectivity index (χ2n) is 12.3. The van der Waals surface area contributed by atoms with Gasteiger partial charge < -0.3 is 10.8 Å². The summed E-state index contributed by atoms with van der Waals surface area (Å²) in [6.07, 6.45) is 8.89. The summed E-state index contributed by atoms with van der Waals surface area (Å²) in [5.41, 5.74) is 13.4. The van der Waals surface area contributed by atoms with Crippen LogP contribution in [-0.4, -0.2) is 47.9 Å². The van der Waals surface area contributed by atoms with Gasteiger partial charge in [-0.15, -0.1) is 0 Å². The van der Waals surface area contributed by atoms with Gasteiger partial charge in [-0.3, -0.25) is 14.5 Å². The van der Waals surface area contributed by atoms with Crippen molar-refractivity contribution in [1.82, 2.24) is 4.90 Å². The van der Waals surface area contributed by atoms with Gasteiger partial charge in [-0.25, -0.2) is 0 Å². The number of hydrogen-bond donors (Lipinski definition) is 2. The smallest absolute Gasteiger partial charge is 0.248 e. The Morgan fingerprint density at radius 3 is 2.32 bits per heavy atom. The summed E-state index contributed by atoms with van der Waals surface area (Å²) in [4.78, 5) is 28.9.